The van der Waals surface area contributed by atoms with E-state index in [0.29, 0.717) is 39.2 Å². The van der Waals surface area contributed by atoms with Crippen LogP contribution in [0.3, 0.4) is 0 Å². The molecule has 1 N–H and O–H groups in total. The number of aromatic nitrogens is 1. The highest BCUT2D eigenvalue weighted by atomic mass is 79.9. The summed E-state index contributed by atoms with van der Waals surface area (Å²) in [6.07, 6.45) is 1.49. The number of amides is 1. The molecule has 0 aliphatic rings. The predicted molar refractivity (Wildman–Crippen MR) is 139 cm³/mol. The van der Waals surface area contributed by atoms with Crippen molar-refractivity contribution in [2.45, 2.75) is 13.8 Å². The van der Waals surface area contributed by atoms with Crippen LogP contribution in [0.25, 0.3) is 22.2 Å². The van der Waals surface area contributed by atoms with Gasteiger partial charge in [-0.25, -0.2) is 10.4 Å². The van der Waals surface area contributed by atoms with Crippen LogP contribution in [0.2, 0.25) is 0 Å². The Hall–Kier alpha value is -4.04. The lowest BCUT2D eigenvalue weighted by Crippen LogP contribution is -2.18. The van der Waals surface area contributed by atoms with E-state index in [-0.39, 0.29) is 11.7 Å². The molecule has 0 fully saturated rings. The maximum absolute atomic E-state index is 13.1. The van der Waals surface area contributed by atoms with Crippen LogP contribution in [0.4, 0.5) is 0 Å². The van der Waals surface area contributed by atoms with Crippen molar-refractivity contribution in [3.63, 3.8) is 0 Å². The molecule has 0 spiro atoms. The minimum atomic E-state index is -0.459. The van der Waals surface area contributed by atoms with Gasteiger partial charge in [0.05, 0.1) is 34.1 Å². The first kappa shape index (κ1) is 24.1. The van der Waals surface area contributed by atoms with E-state index in [2.05, 4.69) is 26.5 Å². The SMILES string of the molecule is CCOc1cc(/C=N\NC(=O)c2cc(-c3ccccc3)nc3ccccc23)cc(Br)c1OC(C)=O. The van der Waals surface area contributed by atoms with E-state index < -0.39 is 5.97 Å². The highest BCUT2D eigenvalue weighted by Crippen LogP contribution is 2.36. The van der Waals surface area contributed by atoms with Crippen molar-refractivity contribution in [2.75, 3.05) is 6.61 Å². The molecule has 1 amide bonds. The van der Waals surface area contributed by atoms with Gasteiger partial charge in [0, 0.05) is 17.9 Å². The predicted octanol–water partition coefficient (Wildman–Crippen LogP) is 5.75. The van der Waals surface area contributed by atoms with Gasteiger partial charge < -0.3 is 9.47 Å². The number of benzene rings is 3. The van der Waals surface area contributed by atoms with Crippen molar-refractivity contribution in [3.05, 3.63) is 88.4 Å². The molecule has 0 radical (unpaired) electrons. The molecular weight excluding hydrogens is 510 g/mol. The maximum atomic E-state index is 13.1. The lowest BCUT2D eigenvalue weighted by atomic mass is 10.0. The molecule has 0 aliphatic heterocycles. The number of nitrogens with one attached hydrogen (secondary N) is 1. The quantitative estimate of drug-likeness (QED) is 0.142. The van der Waals surface area contributed by atoms with E-state index in [1.807, 2.05) is 61.5 Å². The zero-order valence-corrected chi connectivity index (χ0v) is 20.7. The second-order valence-electron chi connectivity index (χ2n) is 7.49. The number of hydrogen-bond donors (Lipinski definition) is 1. The number of halogens is 1. The molecule has 35 heavy (non-hydrogen) atoms. The average Bonchev–Trinajstić information content (AvgIpc) is 2.86. The van der Waals surface area contributed by atoms with Crippen LogP contribution in [-0.2, 0) is 4.79 Å². The first-order chi connectivity index (χ1) is 17.0. The van der Waals surface area contributed by atoms with Gasteiger partial charge in [-0.1, -0.05) is 48.5 Å². The van der Waals surface area contributed by atoms with Gasteiger partial charge in [-0.15, -0.1) is 0 Å². The molecule has 0 atom stereocenters. The number of hydrogen-bond acceptors (Lipinski definition) is 6. The third-order valence-electron chi connectivity index (χ3n) is 4.99. The second kappa shape index (κ2) is 10.9. The monoisotopic (exact) mass is 531 g/mol. The van der Waals surface area contributed by atoms with E-state index >= 15 is 0 Å². The van der Waals surface area contributed by atoms with Crippen LogP contribution in [0.15, 0.2) is 82.4 Å². The number of rotatable bonds is 7. The Balaban J connectivity index is 1.62. The molecule has 4 rings (SSSR count). The van der Waals surface area contributed by atoms with Crippen LogP contribution in [0, 0.1) is 0 Å². The Morgan fingerprint density at radius 1 is 1.06 bits per heavy atom. The van der Waals surface area contributed by atoms with Gasteiger partial charge in [-0.2, -0.15) is 5.10 Å². The minimum Gasteiger partial charge on any atom is -0.490 e. The van der Waals surface area contributed by atoms with Gasteiger partial charge >= 0.3 is 5.97 Å². The zero-order valence-electron chi connectivity index (χ0n) is 19.1. The minimum absolute atomic E-state index is 0.289. The van der Waals surface area contributed by atoms with Crippen molar-refractivity contribution in [2.24, 2.45) is 5.10 Å². The summed E-state index contributed by atoms with van der Waals surface area (Å²) in [5.41, 5.74) is 6.03. The largest absolute Gasteiger partial charge is 0.490 e. The highest BCUT2D eigenvalue weighted by molar-refractivity contribution is 9.10. The van der Waals surface area contributed by atoms with Crippen LogP contribution < -0.4 is 14.9 Å². The van der Waals surface area contributed by atoms with Gasteiger partial charge in [0.1, 0.15) is 0 Å². The number of carbonyl (C=O) groups excluding carboxylic acids is 2. The number of nitrogens with zero attached hydrogens (tertiary/aromatic N) is 2. The molecule has 0 bridgehead atoms. The Bertz CT molecular complexity index is 1420. The van der Waals surface area contributed by atoms with E-state index in [0.717, 1.165) is 10.9 Å². The fourth-order valence-electron chi connectivity index (χ4n) is 3.51. The molecule has 3 aromatic carbocycles. The Morgan fingerprint density at radius 3 is 2.54 bits per heavy atom. The summed E-state index contributed by atoms with van der Waals surface area (Å²) in [6, 6.07) is 22.3. The summed E-state index contributed by atoms with van der Waals surface area (Å²) in [6.45, 7) is 3.53. The third-order valence-corrected chi connectivity index (χ3v) is 5.58. The normalized spacial score (nSPS) is 10.9. The molecule has 7 nitrogen and oxygen atoms in total. The number of fused-ring (bicyclic) bond motifs is 1. The van der Waals surface area contributed by atoms with Crippen molar-refractivity contribution in [1.29, 1.82) is 0 Å². The summed E-state index contributed by atoms with van der Waals surface area (Å²) in [5.74, 6) is -0.146. The Kier molecular flexibility index (Phi) is 7.52. The van der Waals surface area contributed by atoms with E-state index in [1.165, 1.54) is 13.1 Å². The fourth-order valence-corrected chi connectivity index (χ4v) is 4.05. The zero-order chi connectivity index (χ0) is 24.8. The fraction of sp³-hybridized carbons (Fsp3) is 0.111. The number of carbonyl (C=O) groups is 2. The van der Waals surface area contributed by atoms with Crippen LogP contribution in [-0.4, -0.2) is 29.7 Å². The molecule has 4 aromatic rings. The maximum Gasteiger partial charge on any atom is 0.308 e. The number of hydrazone groups is 1. The molecule has 0 saturated carbocycles. The van der Waals surface area contributed by atoms with Gasteiger partial charge in [-0.3, -0.25) is 9.59 Å². The van der Waals surface area contributed by atoms with E-state index in [9.17, 15) is 9.59 Å². The molecule has 8 heteroatoms. The van der Waals surface area contributed by atoms with E-state index in [1.54, 1.807) is 18.2 Å². The van der Waals surface area contributed by atoms with Gasteiger partial charge in [-0.05, 0) is 52.7 Å². The topological polar surface area (TPSA) is 89.9 Å². The molecule has 0 saturated heterocycles. The average molecular weight is 532 g/mol. The molecule has 0 aliphatic carbocycles. The summed E-state index contributed by atoms with van der Waals surface area (Å²) in [5, 5.41) is 4.86. The molecule has 176 valence electrons. The smallest absolute Gasteiger partial charge is 0.308 e. The molecule has 0 unspecified atom stereocenters. The summed E-state index contributed by atoms with van der Waals surface area (Å²) in [7, 11) is 0. The number of esters is 1. The number of para-hydroxylation sites is 1. The molecule has 1 heterocycles. The highest BCUT2D eigenvalue weighted by Gasteiger charge is 2.15. The summed E-state index contributed by atoms with van der Waals surface area (Å²) < 4.78 is 11.4. The lowest BCUT2D eigenvalue weighted by molar-refractivity contribution is -0.132. The number of pyridine rings is 1. The molecular formula is C27H22BrN3O4. The summed E-state index contributed by atoms with van der Waals surface area (Å²) >= 11 is 3.40. The van der Waals surface area contributed by atoms with Crippen molar-refractivity contribution >= 4 is 44.9 Å². The second-order valence-corrected chi connectivity index (χ2v) is 8.35. The van der Waals surface area contributed by atoms with Gasteiger partial charge in [0.15, 0.2) is 11.5 Å². The van der Waals surface area contributed by atoms with Gasteiger partial charge in [0.2, 0.25) is 0 Å². The lowest BCUT2D eigenvalue weighted by Gasteiger charge is -2.12. The van der Waals surface area contributed by atoms with Crippen LogP contribution in [0.1, 0.15) is 29.8 Å². The van der Waals surface area contributed by atoms with Crippen LogP contribution >= 0.6 is 15.9 Å². The van der Waals surface area contributed by atoms with Crippen LogP contribution in [0.5, 0.6) is 11.5 Å². The van der Waals surface area contributed by atoms with Gasteiger partial charge in [0.25, 0.3) is 5.91 Å². The Morgan fingerprint density at radius 2 is 1.80 bits per heavy atom. The van der Waals surface area contributed by atoms with E-state index in [4.69, 9.17) is 14.5 Å². The Labute approximate surface area is 210 Å². The first-order valence-corrected chi connectivity index (χ1v) is 11.7. The standard InChI is InChI=1S/C27H22BrN3O4/c1-3-34-25-14-18(13-22(28)26(25)35-17(2)32)16-29-31-27(33)21-15-24(19-9-5-4-6-10-19)30-23-12-8-7-11-20(21)23/h4-16H,3H2,1-2H3,(H,31,33)/b29-16-. The number of ether oxygens (including phenoxy) is 2. The third kappa shape index (κ3) is 5.73. The molecule has 1 aromatic heterocycles. The van der Waals surface area contributed by atoms with Crippen molar-refractivity contribution in [3.8, 4) is 22.8 Å². The van der Waals surface area contributed by atoms with Crippen molar-refractivity contribution in [1.82, 2.24) is 10.4 Å². The van der Waals surface area contributed by atoms with Crippen molar-refractivity contribution < 1.29 is 19.1 Å². The summed E-state index contributed by atoms with van der Waals surface area (Å²) in [4.78, 5) is 29.2. The first-order valence-electron chi connectivity index (χ1n) is 10.9.